The summed E-state index contributed by atoms with van der Waals surface area (Å²) < 4.78 is 31.2. The van der Waals surface area contributed by atoms with E-state index in [1.807, 2.05) is 37.4 Å². The van der Waals surface area contributed by atoms with Crippen molar-refractivity contribution in [1.29, 1.82) is 0 Å². The van der Waals surface area contributed by atoms with Gasteiger partial charge in [0.05, 0.1) is 34.5 Å². The summed E-state index contributed by atoms with van der Waals surface area (Å²) in [7, 11) is 1.78. The molecule has 0 saturated carbocycles. The maximum Gasteiger partial charge on any atom is 0.143 e. The van der Waals surface area contributed by atoms with Gasteiger partial charge in [-0.25, -0.2) is 18.7 Å². The van der Waals surface area contributed by atoms with Crippen LogP contribution in [0.4, 0.5) is 20.2 Å². The van der Waals surface area contributed by atoms with Crippen LogP contribution in [-0.4, -0.2) is 24.2 Å². The highest BCUT2D eigenvalue weighted by Gasteiger charge is 2.16. The molecule has 160 valence electrons. The van der Waals surface area contributed by atoms with Gasteiger partial charge < -0.3 is 19.6 Å². The SMILES string of the molecule is Cc1cn(-c2ccc(Nc3cccc4c3nc(-c3ccc(F)cc3F)n4C)cc2O)cn1. The average molecular weight is 431 g/mol. The lowest BCUT2D eigenvalue weighted by Gasteiger charge is -2.11. The third-order valence-electron chi connectivity index (χ3n) is 5.33. The number of phenols is 1. The maximum atomic E-state index is 14.4. The minimum Gasteiger partial charge on any atom is -0.506 e. The minimum atomic E-state index is -0.673. The fraction of sp³-hybridized carbons (Fsp3) is 0.0833. The number of aryl methyl sites for hydroxylation is 2. The molecule has 0 aliphatic heterocycles. The van der Waals surface area contributed by atoms with Gasteiger partial charge in [0.15, 0.2) is 0 Å². The lowest BCUT2D eigenvalue weighted by molar-refractivity contribution is 0.472. The van der Waals surface area contributed by atoms with Crippen LogP contribution in [0.15, 0.2) is 67.1 Å². The molecule has 6 nitrogen and oxygen atoms in total. The van der Waals surface area contributed by atoms with E-state index in [0.717, 1.165) is 17.3 Å². The number of imidazole rings is 2. The van der Waals surface area contributed by atoms with Crippen molar-refractivity contribution in [2.24, 2.45) is 7.05 Å². The molecule has 2 aromatic heterocycles. The van der Waals surface area contributed by atoms with Gasteiger partial charge in [-0.1, -0.05) is 6.07 Å². The van der Waals surface area contributed by atoms with Crippen molar-refractivity contribution in [3.05, 3.63) is 84.4 Å². The summed E-state index contributed by atoms with van der Waals surface area (Å²) in [5.74, 6) is -0.829. The Morgan fingerprint density at radius 2 is 1.88 bits per heavy atom. The van der Waals surface area contributed by atoms with Crippen molar-refractivity contribution in [2.75, 3.05) is 5.32 Å². The van der Waals surface area contributed by atoms with E-state index in [-0.39, 0.29) is 11.3 Å². The molecule has 0 atom stereocenters. The second-order valence-corrected chi connectivity index (χ2v) is 7.54. The number of hydrogen-bond donors (Lipinski definition) is 2. The highest BCUT2D eigenvalue weighted by Crippen LogP contribution is 2.33. The number of fused-ring (bicyclic) bond motifs is 1. The van der Waals surface area contributed by atoms with Crippen LogP contribution in [0.3, 0.4) is 0 Å². The normalized spacial score (nSPS) is 11.2. The lowest BCUT2D eigenvalue weighted by atomic mass is 10.2. The molecule has 3 aromatic carbocycles. The number of nitrogens with zero attached hydrogens (tertiary/aromatic N) is 4. The molecule has 5 rings (SSSR count). The first-order valence-corrected chi connectivity index (χ1v) is 9.92. The second-order valence-electron chi connectivity index (χ2n) is 7.54. The topological polar surface area (TPSA) is 67.9 Å². The molecule has 0 amide bonds. The number of aromatic hydroxyl groups is 1. The van der Waals surface area contributed by atoms with Gasteiger partial charge in [0, 0.05) is 31.1 Å². The number of benzene rings is 3. The molecule has 0 aliphatic carbocycles. The van der Waals surface area contributed by atoms with Crippen LogP contribution in [0.25, 0.3) is 28.1 Å². The van der Waals surface area contributed by atoms with Gasteiger partial charge in [0.25, 0.3) is 0 Å². The summed E-state index contributed by atoms with van der Waals surface area (Å²) >= 11 is 0. The van der Waals surface area contributed by atoms with E-state index in [1.54, 1.807) is 34.6 Å². The smallest absolute Gasteiger partial charge is 0.143 e. The molecule has 5 aromatic rings. The Bertz CT molecular complexity index is 1470. The van der Waals surface area contributed by atoms with Gasteiger partial charge in [-0.15, -0.1) is 0 Å². The number of para-hydroxylation sites is 1. The standard InChI is InChI=1S/C24H19F2N5O/c1-14-12-31(13-27-14)20-9-7-16(11-22(20)32)28-19-4-3-5-21-23(19)29-24(30(21)2)17-8-6-15(25)10-18(17)26/h3-13,28,32H,1-2H3. The van der Waals surface area contributed by atoms with Gasteiger partial charge in [0.1, 0.15) is 28.7 Å². The van der Waals surface area contributed by atoms with Gasteiger partial charge in [-0.2, -0.15) is 0 Å². The fourth-order valence-electron chi connectivity index (χ4n) is 3.76. The number of phenolic OH excluding ortho intramolecular Hbond substituents is 1. The Kier molecular flexibility index (Phi) is 4.62. The van der Waals surface area contributed by atoms with Crippen LogP contribution in [-0.2, 0) is 7.05 Å². The third kappa shape index (κ3) is 3.35. The fourth-order valence-corrected chi connectivity index (χ4v) is 3.76. The molecule has 0 radical (unpaired) electrons. The maximum absolute atomic E-state index is 14.4. The predicted octanol–water partition coefficient (Wildman–Crippen LogP) is 5.46. The van der Waals surface area contributed by atoms with Gasteiger partial charge in [-0.05, 0) is 43.3 Å². The van der Waals surface area contributed by atoms with Crippen molar-refractivity contribution in [1.82, 2.24) is 19.1 Å². The van der Waals surface area contributed by atoms with E-state index in [9.17, 15) is 13.9 Å². The van der Waals surface area contributed by atoms with Crippen LogP contribution in [0.1, 0.15) is 5.69 Å². The monoisotopic (exact) mass is 431 g/mol. The zero-order chi connectivity index (χ0) is 22.4. The van der Waals surface area contributed by atoms with E-state index >= 15 is 0 Å². The molecule has 0 saturated heterocycles. The van der Waals surface area contributed by atoms with Gasteiger partial charge in [-0.3, -0.25) is 0 Å². The molecule has 0 fully saturated rings. The van der Waals surface area contributed by atoms with Crippen molar-refractivity contribution in [3.63, 3.8) is 0 Å². The minimum absolute atomic E-state index is 0.0923. The van der Waals surface area contributed by atoms with Gasteiger partial charge in [0.2, 0.25) is 0 Å². The molecule has 2 N–H and O–H groups in total. The lowest BCUT2D eigenvalue weighted by Crippen LogP contribution is -1.95. The first-order valence-electron chi connectivity index (χ1n) is 9.92. The van der Waals surface area contributed by atoms with Crippen LogP contribution >= 0.6 is 0 Å². The van der Waals surface area contributed by atoms with Crippen LogP contribution < -0.4 is 5.32 Å². The summed E-state index contributed by atoms with van der Waals surface area (Å²) in [5, 5.41) is 13.8. The number of anilines is 2. The van der Waals surface area contributed by atoms with E-state index in [2.05, 4.69) is 15.3 Å². The summed E-state index contributed by atoms with van der Waals surface area (Å²) in [4.78, 5) is 8.81. The molecule has 32 heavy (non-hydrogen) atoms. The molecular weight excluding hydrogens is 412 g/mol. The second kappa shape index (κ2) is 7.49. The van der Waals surface area contributed by atoms with Crippen molar-refractivity contribution < 1.29 is 13.9 Å². The Morgan fingerprint density at radius 3 is 2.59 bits per heavy atom. The molecule has 0 aliphatic rings. The summed E-state index contributed by atoms with van der Waals surface area (Å²) in [6.45, 7) is 1.88. The highest BCUT2D eigenvalue weighted by atomic mass is 19.1. The van der Waals surface area contributed by atoms with E-state index in [0.29, 0.717) is 28.4 Å². The molecule has 8 heteroatoms. The first kappa shape index (κ1) is 19.7. The Balaban J connectivity index is 1.53. The van der Waals surface area contributed by atoms with E-state index in [4.69, 9.17) is 0 Å². The quantitative estimate of drug-likeness (QED) is 0.396. The summed E-state index contributed by atoms with van der Waals surface area (Å²) in [6.07, 6.45) is 3.47. The molecule has 0 unspecified atom stereocenters. The molecule has 0 spiro atoms. The predicted molar refractivity (Wildman–Crippen MR) is 119 cm³/mol. The number of hydrogen-bond acceptors (Lipinski definition) is 4. The van der Waals surface area contributed by atoms with Crippen LogP contribution in [0.5, 0.6) is 5.75 Å². The Labute approximate surface area is 182 Å². The molecule has 0 bridgehead atoms. The zero-order valence-corrected chi connectivity index (χ0v) is 17.3. The summed E-state index contributed by atoms with van der Waals surface area (Å²) in [5.41, 5.74) is 4.44. The number of nitrogens with one attached hydrogen (secondary N) is 1. The van der Waals surface area contributed by atoms with Gasteiger partial charge >= 0.3 is 0 Å². The van der Waals surface area contributed by atoms with Crippen molar-refractivity contribution in [3.8, 4) is 22.8 Å². The molecule has 2 heterocycles. The van der Waals surface area contributed by atoms with Crippen LogP contribution in [0.2, 0.25) is 0 Å². The number of rotatable bonds is 4. The Morgan fingerprint density at radius 1 is 1.03 bits per heavy atom. The van der Waals surface area contributed by atoms with Crippen molar-refractivity contribution >= 4 is 22.4 Å². The number of halogens is 2. The largest absolute Gasteiger partial charge is 0.506 e. The third-order valence-corrected chi connectivity index (χ3v) is 5.33. The zero-order valence-electron chi connectivity index (χ0n) is 17.3. The summed E-state index contributed by atoms with van der Waals surface area (Å²) in [6, 6.07) is 14.3. The van der Waals surface area contributed by atoms with E-state index < -0.39 is 11.6 Å². The van der Waals surface area contributed by atoms with Crippen molar-refractivity contribution in [2.45, 2.75) is 6.92 Å². The molecular formula is C24H19F2N5O. The highest BCUT2D eigenvalue weighted by molar-refractivity contribution is 5.93. The first-order chi connectivity index (χ1) is 15.4. The number of aromatic nitrogens is 4. The van der Waals surface area contributed by atoms with Crippen LogP contribution in [0, 0.1) is 18.6 Å². The Hall–Kier alpha value is -4.20. The average Bonchev–Trinajstić information content (AvgIpc) is 3.33. The van der Waals surface area contributed by atoms with E-state index in [1.165, 1.54) is 12.1 Å².